The summed E-state index contributed by atoms with van der Waals surface area (Å²) in [6, 6.07) is 4.98. The molecule has 5 heteroatoms. The molecule has 1 aromatic carbocycles. The van der Waals surface area contributed by atoms with E-state index in [9.17, 15) is 9.90 Å². The Balaban J connectivity index is 2.38. The lowest BCUT2D eigenvalue weighted by molar-refractivity contribution is -0.122. The first-order valence-corrected chi connectivity index (χ1v) is 6.33. The highest BCUT2D eigenvalue weighted by molar-refractivity contribution is 9.10. The number of benzene rings is 1. The molecule has 1 aromatic rings. The summed E-state index contributed by atoms with van der Waals surface area (Å²) < 4.78 is 0.809. The number of hydrogen-bond donors (Lipinski definition) is 1. The van der Waals surface area contributed by atoms with Crippen molar-refractivity contribution < 1.29 is 9.90 Å². The molecule has 0 saturated heterocycles. The summed E-state index contributed by atoms with van der Waals surface area (Å²) in [4.78, 5) is 17.6. The van der Waals surface area contributed by atoms with Crippen molar-refractivity contribution in [1.29, 1.82) is 0 Å². The number of phenolic OH excluding ortho intramolecular Hbond substituents is 1. The van der Waals surface area contributed by atoms with E-state index in [1.807, 2.05) is 0 Å². The molecule has 0 radical (unpaired) electrons. The topological polar surface area (TPSA) is 52.9 Å². The molecule has 2 rings (SSSR count). The van der Waals surface area contributed by atoms with Crippen molar-refractivity contribution >= 4 is 33.7 Å². The Bertz CT molecular complexity index is 641. The molecule has 0 unspecified atom stereocenters. The molecule has 1 aliphatic heterocycles. The minimum absolute atomic E-state index is 0.0896. The van der Waals surface area contributed by atoms with Gasteiger partial charge in [0.05, 0.1) is 6.54 Å². The van der Waals surface area contributed by atoms with E-state index in [4.69, 9.17) is 6.42 Å². The Hall–Kier alpha value is -2.06. The highest BCUT2D eigenvalue weighted by Crippen LogP contribution is 2.26. The first-order valence-electron chi connectivity index (χ1n) is 5.53. The SMILES string of the molecule is C#CCN1C(=O)/C(=C/c2cc(Br)ccc2O)N=C1C. The van der Waals surface area contributed by atoms with Gasteiger partial charge in [0.25, 0.3) is 5.91 Å². The Morgan fingerprint density at radius 2 is 2.32 bits per heavy atom. The molecule has 96 valence electrons. The van der Waals surface area contributed by atoms with Gasteiger partial charge in [0.15, 0.2) is 0 Å². The molecule has 0 aliphatic carbocycles. The maximum Gasteiger partial charge on any atom is 0.278 e. The van der Waals surface area contributed by atoms with Crippen molar-refractivity contribution in [1.82, 2.24) is 4.90 Å². The zero-order valence-corrected chi connectivity index (χ0v) is 11.8. The van der Waals surface area contributed by atoms with E-state index in [2.05, 4.69) is 26.8 Å². The number of halogens is 1. The van der Waals surface area contributed by atoms with E-state index < -0.39 is 0 Å². The third-order valence-electron chi connectivity index (χ3n) is 2.67. The predicted octanol–water partition coefficient (Wildman–Crippen LogP) is 2.39. The minimum Gasteiger partial charge on any atom is -0.507 e. The van der Waals surface area contributed by atoms with Crippen LogP contribution in [0.15, 0.2) is 33.4 Å². The fourth-order valence-corrected chi connectivity index (χ4v) is 2.11. The maximum absolute atomic E-state index is 12.1. The molecule has 1 N–H and O–H groups in total. The van der Waals surface area contributed by atoms with E-state index in [1.54, 1.807) is 31.2 Å². The Morgan fingerprint density at radius 1 is 1.58 bits per heavy atom. The van der Waals surface area contributed by atoms with E-state index in [0.29, 0.717) is 11.4 Å². The van der Waals surface area contributed by atoms with Crippen molar-refractivity contribution in [3.8, 4) is 18.1 Å². The van der Waals surface area contributed by atoms with Crippen LogP contribution >= 0.6 is 15.9 Å². The van der Waals surface area contributed by atoms with Gasteiger partial charge in [-0.3, -0.25) is 9.69 Å². The number of carbonyl (C=O) groups is 1. The van der Waals surface area contributed by atoms with Gasteiger partial charge in [0.2, 0.25) is 0 Å². The first kappa shape index (κ1) is 13.4. The third-order valence-corrected chi connectivity index (χ3v) is 3.16. The van der Waals surface area contributed by atoms with E-state index >= 15 is 0 Å². The average molecular weight is 319 g/mol. The molecule has 0 fully saturated rings. The van der Waals surface area contributed by atoms with Gasteiger partial charge in [-0.15, -0.1) is 6.42 Å². The van der Waals surface area contributed by atoms with Crippen LogP contribution in [-0.4, -0.2) is 28.3 Å². The van der Waals surface area contributed by atoms with Gasteiger partial charge in [-0.25, -0.2) is 4.99 Å². The number of hydrogen-bond acceptors (Lipinski definition) is 3. The predicted molar refractivity (Wildman–Crippen MR) is 77.4 cm³/mol. The van der Waals surface area contributed by atoms with Crippen LogP contribution in [0.3, 0.4) is 0 Å². The quantitative estimate of drug-likeness (QED) is 0.672. The molecule has 1 heterocycles. The molecule has 19 heavy (non-hydrogen) atoms. The summed E-state index contributed by atoms with van der Waals surface area (Å²) in [5.41, 5.74) is 0.790. The number of nitrogens with zero attached hydrogens (tertiary/aromatic N) is 2. The zero-order valence-electron chi connectivity index (χ0n) is 10.2. The van der Waals surface area contributed by atoms with Gasteiger partial charge in [-0.1, -0.05) is 21.9 Å². The van der Waals surface area contributed by atoms with Crippen LogP contribution in [0.5, 0.6) is 5.75 Å². The second-order valence-electron chi connectivity index (χ2n) is 3.99. The molecule has 0 aromatic heterocycles. The monoisotopic (exact) mass is 318 g/mol. The zero-order chi connectivity index (χ0) is 14.0. The molecule has 4 nitrogen and oxygen atoms in total. The summed E-state index contributed by atoms with van der Waals surface area (Å²) >= 11 is 3.31. The Labute approximate surface area is 119 Å². The molecule has 0 spiro atoms. The van der Waals surface area contributed by atoms with Crippen LogP contribution in [0.1, 0.15) is 12.5 Å². The van der Waals surface area contributed by atoms with Crippen LogP contribution in [0, 0.1) is 12.3 Å². The van der Waals surface area contributed by atoms with Crippen molar-refractivity contribution in [2.24, 2.45) is 4.99 Å². The van der Waals surface area contributed by atoms with E-state index in [0.717, 1.165) is 4.47 Å². The number of aliphatic imine (C=N–C) groups is 1. The summed E-state index contributed by atoms with van der Waals surface area (Å²) in [6.45, 7) is 1.91. The lowest BCUT2D eigenvalue weighted by Gasteiger charge is -2.11. The van der Waals surface area contributed by atoms with Crippen molar-refractivity contribution in [3.63, 3.8) is 0 Å². The van der Waals surface area contributed by atoms with Crippen molar-refractivity contribution in [3.05, 3.63) is 33.9 Å². The number of amides is 1. The molecule has 0 bridgehead atoms. The summed E-state index contributed by atoms with van der Waals surface area (Å²) in [5, 5.41) is 9.75. The van der Waals surface area contributed by atoms with Gasteiger partial charge < -0.3 is 5.11 Å². The van der Waals surface area contributed by atoms with Crippen LogP contribution < -0.4 is 0 Å². The van der Waals surface area contributed by atoms with Crippen LogP contribution in [0.2, 0.25) is 0 Å². The van der Waals surface area contributed by atoms with Gasteiger partial charge in [0.1, 0.15) is 17.3 Å². The van der Waals surface area contributed by atoms with Crippen LogP contribution in [0.4, 0.5) is 0 Å². The minimum atomic E-state index is -0.255. The van der Waals surface area contributed by atoms with Crippen molar-refractivity contribution in [2.75, 3.05) is 6.54 Å². The van der Waals surface area contributed by atoms with Gasteiger partial charge >= 0.3 is 0 Å². The number of aromatic hydroxyl groups is 1. The third kappa shape index (κ3) is 2.69. The largest absolute Gasteiger partial charge is 0.507 e. The molecule has 0 saturated carbocycles. The fraction of sp³-hybridized carbons (Fsp3) is 0.143. The van der Waals surface area contributed by atoms with Gasteiger partial charge in [-0.2, -0.15) is 0 Å². The highest BCUT2D eigenvalue weighted by atomic mass is 79.9. The highest BCUT2D eigenvalue weighted by Gasteiger charge is 2.26. The maximum atomic E-state index is 12.1. The smallest absolute Gasteiger partial charge is 0.278 e. The molecule has 1 aliphatic rings. The van der Waals surface area contributed by atoms with Gasteiger partial charge in [-0.05, 0) is 31.2 Å². The second kappa shape index (κ2) is 5.29. The summed E-state index contributed by atoms with van der Waals surface area (Å²) in [6.07, 6.45) is 6.75. The standard InChI is InChI=1S/C14H11BrN2O2/c1-3-6-17-9(2)16-12(14(17)19)8-10-7-11(15)4-5-13(10)18/h1,4-5,7-8,18H,6H2,2H3/b12-8-. The number of rotatable bonds is 2. The summed E-state index contributed by atoms with van der Waals surface area (Å²) in [5.74, 6) is 2.81. The average Bonchev–Trinajstić information content (AvgIpc) is 2.62. The second-order valence-corrected chi connectivity index (χ2v) is 4.90. The Morgan fingerprint density at radius 3 is 3.00 bits per heavy atom. The molecular weight excluding hydrogens is 308 g/mol. The van der Waals surface area contributed by atoms with E-state index in [-0.39, 0.29) is 23.9 Å². The van der Waals surface area contributed by atoms with Crippen LogP contribution in [-0.2, 0) is 4.79 Å². The van der Waals surface area contributed by atoms with E-state index in [1.165, 1.54) is 4.90 Å². The number of amidine groups is 1. The fourth-order valence-electron chi connectivity index (χ4n) is 1.73. The normalized spacial score (nSPS) is 16.7. The molecule has 0 atom stereocenters. The number of carbonyl (C=O) groups excluding carboxylic acids is 1. The van der Waals surface area contributed by atoms with Crippen LogP contribution in [0.25, 0.3) is 6.08 Å². The number of terminal acetylenes is 1. The molecular formula is C14H11BrN2O2. The van der Waals surface area contributed by atoms with Crippen molar-refractivity contribution in [2.45, 2.75) is 6.92 Å². The summed E-state index contributed by atoms with van der Waals surface area (Å²) in [7, 11) is 0. The number of phenols is 1. The van der Waals surface area contributed by atoms with Gasteiger partial charge in [0, 0.05) is 10.0 Å². The first-order chi connectivity index (χ1) is 9.02. The Kier molecular flexibility index (Phi) is 3.72. The lowest BCUT2D eigenvalue weighted by atomic mass is 10.1. The lowest BCUT2D eigenvalue weighted by Crippen LogP contribution is -2.30. The molecule has 1 amide bonds.